The Morgan fingerprint density at radius 1 is 1.71 bits per heavy atom. The van der Waals surface area contributed by atoms with Gasteiger partial charge in [0.15, 0.2) is 0 Å². The number of urea groups is 1. The summed E-state index contributed by atoms with van der Waals surface area (Å²) in [5, 5.41) is 6.17. The van der Waals surface area contributed by atoms with E-state index in [1.807, 2.05) is 6.26 Å². The molecule has 1 rings (SSSR count). The summed E-state index contributed by atoms with van der Waals surface area (Å²) in [4.78, 5) is 11.3. The van der Waals surface area contributed by atoms with Crippen LogP contribution in [-0.2, 0) is 4.74 Å². The van der Waals surface area contributed by atoms with Gasteiger partial charge in [0.25, 0.3) is 0 Å². The number of carbonyl (C=O) groups excluding carboxylic acids is 1. The smallest absolute Gasteiger partial charge is 0.315 e. The number of hydrogen-bond donors (Lipinski definition) is 2. The quantitative estimate of drug-likeness (QED) is 0.734. The molecule has 14 heavy (non-hydrogen) atoms. The zero-order chi connectivity index (χ0) is 10.4. The third kappa shape index (κ3) is 4.19. The van der Waals surface area contributed by atoms with E-state index in [1.165, 1.54) is 0 Å². The number of thioether (sulfide) groups is 1. The van der Waals surface area contributed by atoms with Crippen molar-refractivity contribution in [2.75, 3.05) is 26.0 Å². The third-order valence-electron chi connectivity index (χ3n) is 2.22. The summed E-state index contributed by atoms with van der Waals surface area (Å²) in [5.41, 5.74) is 0. The molecule has 2 unspecified atom stereocenters. The number of amides is 2. The normalized spacial score (nSPS) is 23.1. The lowest BCUT2D eigenvalue weighted by molar-refractivity contribution is 0.188. The van der Waals surface area contributed by atoms with Gasteiger partial charge in [-0.2, -0.15) is 11.8 Å². The van der Waals surface area contributed by atoms with Crippen molar-refractivity contribution >= 4 is 17.8 Å². The first kappa shape index (κ1) is 11.7. The zero-order valence-corrected chi connectivity index (χ0v) is 9.52. The Hall–Kier alpha value is -0.420. The topological polar surface area (TPSA) is 50.4 Å². The summed E-state index contributed by atoms with van der Waals surface area (Å²) in [7, 11) is 0. The predicted octanol–water partition coefficient (Wildman–Crippen LogP) is 0.826. The van der Waals surface area contributed by atoms with E-state index in [9.17, 15) is 4.79 Å². The molecule has 0 spiro atoms. The maximum Gasteiger partial charge on any atom is 0.315 e. The highest BCUT2D eigenvalue weighted by Crippen LogP contribution is 2.04. The minimum atomic E-state index is -0.0820. The number of nitrogens with one attached hydrogen (secondary N) is 2. The molecule has 0 aromatic carbocycles. The summed E-state index contributed by atoms with van der Waals surface area (Å²) >= 11 is 1.74. The van der Waals surface area contributed by atoms with E-state index in [0.29, 0.717) is 18.4 Å². The van der Waals surface area contributed by atoms with Gasteiger partial charge in [0.1, 0.15) is 0 Å². The highest BCUT2D eigenvalue weighted by molar-refractivity contribution is 7.99. The van der Waals surface area contributed by atoms with Gasteiger partial charge in [0.05, 0.1) is 12.6 Å². The van der Waals surface area contributed by atoms with E-state index < -0.39 is 0 Å². The SMILES string of the molecule is CSC(C)CNC(=O)NC1CCOC1. The summed E-state index contributed by atoms with van der Waals surface area (Å²) < 4.78 is 5.16. The fourth-order valence-corrected chi connectivity index (χ4v) is 1.45. The standard InChI is InChI=1S/C9H18N2O2S/c1-7(14-2)5-10-9(12)11-8-3-4-13-6-8/h7-8H,3-6H2,1-2H3,(H2,10,11,12). The molecule has 1 saturated heterocycles. The van der Waals surface area contributed by atoms with Crippen molar-refractivity contribution in [1.82, 2.24) is 10.6 Å². The van der Waals surface area contributed by atoms with E-state index in [2.05, 4.69) is 17.6 Å². The molecule has 0 aromatic heterocycles. The van der Waals surface area contributed by atoms with E-state index in [1.54, 1.807) is 11.8 Å². The minimum Gasteiger partial charge on any atom is -0.379 e. The minimum absolute atomic E-state index is 0.0820. The van der Waals surface area contributed by atoms with Crippen LogP contribution in [0.4, 0.5) is 4.79 Å². The second-order valence-corrected chi connectivity index (χ2v) is 4.74. The van der Waals surface area contributed by atoms with Crippen LogP contribution in [0.2, 0.25) is 0 Å². The van der Waals surface area contributed by atoms with Crippen molar-refractivity contribution < 1.29 is 9.53 Å². The molecule has 0 aliphatic carbocycles. The highest BCUT2D eigenvalue weighted by atomic mass is 32.2. The molecule has 0 bridgehead atoms. The Bertz CT molecular complexity index is 184. The average molecular weight is 218 g/mol. The zero-order valence-electron chi connectivity index (χ0n) is 8.71. The predicted molar refractivity (Wildman–Crippen MR) is 58.7 cm³/mol. The van der Waals surface area contributed by atoms with Crippen LogP contribution in [0, 0.1) is 0 Å². The monoisotopic (exact) mass is 218 g/mol. The molecule has 4 nitrogen and oxygen atoms in total. The van der Waals surface area contributed by atoms with Crippen molar-refractivity contribution in [3.05, 3.63) is 0 Å². The van der Waals surface area contributed by atoms with Gasteiger partial charge in [-0.3, -0.25) is 0 Å². The summed E-state index contributed by atoms with van der Waals surface area (Å²) in [6.07, 6.45) is 2.96. The highest BCUT2D eigenvalue weighted by Gasteiger charge is 2.17. The second kappa shape index (κ2) is 6.14. The Labute approximate surface area is 89.2 Å². The molecule has 2 atom stereocenters. The molecule has 82 valence electrons. The van der Waals surface area contributed by atoms with Gasteiger partial charge in [-0.05, 0) is 12.7 Å². The van der Waals surface area contributed by atoms with Gasteiger partial charge in [0.2, 0.25) is 0 Å². The lowest BCUT2D eigenvalue weighted by Gasteiger charge is -2.13. The van der Waals surface area contributed by atoms with Crippen molar-refractivity contribution in [3.63, 3.8) is 0 Å². The second-order valence-electron chi connectivity index (χ2n) is 3.46. The van der Waals surface area contributed by atoms with Crippen LogP contribution < -0.4 is 10.6 Å². The number of carbonyl (C=O) groups is 1. The van der Waals surface area contributed by atoms with Gasteiger partial charge in [0, 0.05) is 18.4 Å². The largest absolute Gasteiger partial charge is 0.379 e. The molecule has 0 saturated carbocycles. The number of rotatable bonds is 4. The van der Waals surface area contributed by atoms with E-state index in [-0.39, 0.29) is 12.1 Å². The van der Waals surface area contributed by atoms with Gasteiger partial charge < -0.3 is 15.4 Å². The number of ether oxygens (including phenoxy) is 1. The molecule has 1 aliphatic rings. The molecule has 1 heterocycles. The van der Waals surface area contributed by atoms with Gasteiger partial charge >= 0.3 is 6.03 Å². The van der Waals surface area contributed by atoms with Crippen LogP contribution in [0.1, 0.15) is 13.3 Å². The van der Waals surface area contributed by atoms with Crippen LogP contribution in [0.25, 0.3) is 0 Å². The molecule has 2 N–H and O–H groups in total. The Morgan fingerprint density at radius 3 is 3.07 bits per heavy atom. The first-order valence-corrected chi connectivity index (χ1v) is 6.16. The fourth-order valence-electron chi connectivity index (χ4n) is 1.20. The molecule has 1 aliphatic heterocycles. The maximum absolute atomic E-state index is 11.3. The van der Waals surface area contributed by atoms with Crippen LogP contribution in [0.3, 0.4) is 0 Å². The molecular weight excluding hydrogens is 200 g/mol. The van der Waals surface area contributed by atoms with Crippen molar-refractivity contribution in [3.8, 4) is 0 Å². The van der Waals surface area contributed by atoms with E-state index >= 15 is 0 Å². The summed E-state index contributed by atoms with van der Waals surface area (Å²) in [5.74, 6) is 0. The summed E-state index contributed by atoms with van der Waals surface area (Å²) in [6, 6.07) is 0.112. The van der Waals surface area contributed by atoms with Gasteiger partial charge in [-0.1, -0.05) is 6.92 Å². The molecule has 5 heteroatoms. The first-order valence-electron chi connectivity index (χ1n) is 4.87. The third-order valence-corrected chi connectivity index (χ3v) is 3.19. The molecular formula is C9H18N2O2S. The molecule has 0 radical (unpaired) electrons. The van der Waals surface area contributed by atoms with Crippen LogP contribution in [-0.4, -0.2) is 43.3 Å². The maximum atomic E-state index is 11.3. The lowest BCUT2D eigenvalue weighted by atomic mass is 10.3. The first-order chi connectivity index (χ1) is 6.72. The average Bonchev–Trinajstić information content (AvgIpc) is 2.66. The summed E-state index contributed by atoms with van der Waals surface area (Å²) in [6.45, 7) is 4.20. The molecule has 1 fully saturated rings. The Kier molecular flexibility index (Phi) is 5.11. The molecule has 0 aromatic rings. The number of hydrogen-bond acceptors (Lipinski definition) is 3. The Morgan fingerprint density at radius 2 is 2.50 bits per heavy atom. The van der Waals surface area contributed by atoms with Gasteiger partial charge in [-0.15, -0.1) is 0 Å². The lowest BCUT2D eigenvalue weighted by Crippen LogP contribution is -2.44. The van der Waals surface area contributed by atoms with Crippen LogP contribution >= 0.6 is 11.8 Å². The van der Waals surface area contributed by atoms with Crippen molar-refractivity contribution in [1.29, 1.82) is 0 Å². The van der Waals surface area contributed by atoms with E-state index in [0.717, 1.165) is 13.0 Å². The van der Waals surface area contributed by atoms with Crippen LogP contribution in [0.5, 0.6) is 0 Å². The van der Waals surface area contributed by atoms with E-state index in [4.69, 9.17) is 4.74 Å². The van der Waals surface area contributed by atoms with Gasteiger partial charge in [-0.25, -0.2) is 4.79 Å². The van der Waals surface area contributed by atoms with Crippen LogP contribution in [0.15, 0.2) is 0 Å². The Balaban J connectivity index is 2.09. The van der Waals surface area contributed by atoms with Crippen molar-refractivity contribution in [2.24, 2.45) is 0 Å². The van der Waals surface area contributed by atoms with Crippen molar-refractivity contribution in [2.45, 2.75) is 24.6 Å². The fraction of sp³-hybridized carbons (Fsp3) is 0.889. The molecule has 2 amide bonds.